The van der Waals surface area contributed by atoms with Crippen LogP contribution in [0.15, 0.2) is 64.4 Å². The van der Waals surface area contributed by atoms with E-state index in [1.165, 1.54) is 12.1 Å². The summed E-state index contributed by atoms with van der Waals surface area (Å²) in [6.07, 6.45) is 2.00. The van der Waals surface area contributed by atoms with E-state index in [-0.39, 0.29) is 23.8 Å². The van der Waals surface area contributed by atoms with Crippen LogP contribution in [0.5, 0.6) is 0 Å². The number of carbonyl (C=O) groups is 2. The van der Waals surface area contributed by atoms with Crippen molar-refractivity contribution in [2.75, 3.05) is 17.7 Å². The molecule has 2 amide bonds. The number of benzene rings is 2. The normalized spacial score (nSPS) is 17.1. The minimum atomic E-state index is -3.85. The average Bonchev–Trinajstić information content (AvgIpc) is 3.08. The lowest BCUT2D eigenvalue weighted by atomic mass is 10.1. The fourth-order valence-electron chi connectivity index (χ4n) is 2.77. The summed E-state index contributed by atoms with van der Waals surface area (Å²) in [5, 5.41) is 0. The first-order valence-electron chi connectivity index (χ1n) is 8.22. The van der Waals surface area contributed by atoms with Crippen LogP contribution in [-0.2, 0) is 19.6 Å². The van der Waals surface area contributed by atoms with Gasteiger partial charge in [0, 0.05) is 23.5 Å². The fraction of sp³-hybridized carbons (Fsp3) is 0.222. The van der Waals surface area contributed by atoms with Crippen molar-refractivity contribution >= 4 is 39.3 Å². The van der Waals surface area contributed by atoms with Gasteiger partial charge in [-0.2, -0.15) is 0 Å². The van der Waals surface area contributed by atoms with E-state index in [2.05, 4.69) is 10.3 Å². The van der Waals surface area contributed by atoms with Crippen LogP contribution in [0.1, 0.15) is 6.42 Å². The molecule has 0 aromatic heterocycles. The number of sulfonamides is 1. The van der Waals surface area contributed by atoms with Crippen LogP contribution >= 0.6 is 11.8 Å². The molecule has 27 heavy (non-hydrogen) atoms. The molecule has 0 aliphatic carbocycles. The van der Waals surface area contributed by atoms with Crippen LogP contribution in [-0.4, -0.2) is 33.0 Å². The van der Waals surface area contributed by atoms with E-state index >= 15 is 0 Å². The van der Waals surface area contributed by atoms with E-state index in [4.69, 9.17) is 0 Å². The van der Waals surface area contributed by atoms with Crippen molar-refractivity contribution in [2.24, 2.45) is 5.92 Å². The van der Waals surface area contributed by atoms with Gasteiger partial charge in [0.1, 0.15) is 0 Å². The lowest BCUT2D eigenvalue weighted by molar-refractivity contribution is -0.126. The van der Waals surface area contributed by atoms with Crippen molar-refractivity contribution in [1.82, 2.24) is 10.3 Å². The molecular weight excluding hydrogens is 386 g/mol. The molecule has 1 fully saturated rings. The number of thioether (sulfide) groups is 1. The molecule has 1 unspecified atom stereocenters. The minimum Gasteiger partial charge on any atom is -0.312 e. The number of nitrogens with one attached hydrogen (secondary N) is 2. The molecule has 7 nitrogen and oxygen atoms in total. The van der Waals surface area contributed by atoms with Crippen LogP contribution in [0.2, 0.25) is 0 Å². The van der Waals surface area contributed by atoms with E-state index < -0.39 is 21.8 Å². The maximum atomic E-state index is 12.3. The Morgan fingerprint density at radius 2 is 1.78 bits per heavy atom. The molecule has 2 aromatic rings. The van der Waals surface area contributed by atoms with E-state index in [1.807, 2.05) is 30.5 Å². The summed E-state index contributed by atoms with van der Waals surface area (Å²) >= 11 is 1.60. The molecular formula is C18H19N3O4S2. The second kappa shape index (κ2) is 8.12. The largest absolute Gasteiger partial charge is 0.312 e. The summed E-state index contributed by atoms with van der Waals surface area (Å²) in [6.45, 7) is 0.205. The summed E-state index contributed by atoms with van der Waals surface area (Å²) < 4.78 is 24.3. The summed E-state index contributed by atoms with van der Waals surface area (Å²) in [4.78, 5) is 29.3. The Balaban J connectivity index is 1.62. The molecule has 142 valence electrons. The van der Waals surface area contributed by atoms with E-state index in [1.54, 1.807) is 34.9 Å². The third-order valence-electron chi connectivity index (χ3n) is 4.24. The Bertz CT molecular complexity index is 931. The third-order valence-corrected chi connectivity index (χ3v) is 6.25. The van der Waals surface area contributed by atoms with Gasteiger partial charge >= 0.3 is 0 Å². The van der Waals surface area contributed by atoms with E-state index in [0.717, 1.165) is 10.6 Å². The van der Waals surface area contributed by atoms with Gasteiger partial charge in [-0.05, 0) is 42.7 Å². The summed E-state index contributed by atoms with van der Waals surface area (Å²) in [7, 11) is -3.85. The van der Waals surface area contributed by atoms with Gasteiger partial charge < -0.3 is 4.90 Å². The highest BCUT2D eigenvalue weighted by molar-refractivity contribution is 7.98. The third kappa shape index (κ3) is 4.49. The van der Waals surface area contributed by atoms with Crippen LogP contribution < -0.4 is 15.2 Å². The van der Waals surface area contributed by atoms with Gasteiger partial charge in [-0.25, -0.2) is 8.42 Å². The summed E-state index contributed by atoms with van der Waals surface area (Å²) in [5.74, 6) is -1.33. The van der Waals surface area contributed by atoms with Gasteiger partial charge in [-0.3, -0.25) is 15.0 Å². The molecule has 2 N–H and O–H groups in total. The van der Waals surface area contributed by atoms with Gasteiger partial charge in [0.25, 0.3) is 10.0 Å². The highest BCUT2D eigenvalue weighted by Crippen LogP contribution is 2.27. The van der Waals surface area contributed by atoms with Crippen molar-refractivity contribution < 1.29 is 18.0 Å². The SMILES string of the molecule is CSc1ccc(N2CC(C(=O)NNS(=O)(=O)c3ccccc3)CC2=O)cc1. The highest BCUT2D eigenvalue weighted by atomic mass is 32.2. The molecule has 0 radical (unpaired) electrons. The molecule has 1 aliphatic heterocycles. The van der Waals surface area contributed by atoms with Gasteiger partial charge in [0.2, 0.25) is 11.8 Å². The molecule has 1 aliphatic rings. The zero-order chi connectivity index (χ0) is 19.4. The van der Waals surface area contributed by atoms with Crippen molar-refractivity contribution in [2.45, 2.75) is 16.2 Å². The van der Waals surface area contributed by atoms with Gasteiger partial charge in [-0.1, -0.05) is 18.2 Å². The topological polar surface area (TPSA) is 95.6 Å². The first kappa shape index (κ1) is 19.4. The number of amides is 2. The first-order chi connectivity index (χ1) is 12.9. The maximum Gasteiger partial charge on any atom is 0.257 e. The van der Waals surface area contributed by atoms with Gasteiger partial charge in [-0.15, -0.1) is 16.6 Å². The number of rotatable bonds is 6. The monoisotopic (exact) mass is 405 g/mol. The second-order valence-corrected chi connectivity index (χ2v) is 8.57. The summed E-state index contributed by atoms with van der Waals surface area (Å²) in [6, 6.07) is 15.2. The first-order valence-corrected chi connectivity index (χ1v) is 10.9. The maximum absolute atomic E-state index is 12.3. The lowest BCUT2D eigenvalue weighted by Crippen LogP contribution is -2.45. The highest BCUT2D eigenvalue weighted by Gasteiger charge is 2.35. The number of nitrogens with zero attached hydrogens (tertiary/aromatic N) is 1. The van der Waals surface area contributed by atoms with Crippen LogP contribution in [0.3, 0.4) is 0 Å². The Labute approximate surface area is 162 Å². The van der Waals surface area contributed by atoms with Gasteiger partial charge in [0.05, 0.1) is 10.8 Å². The molecule has 1 heterocycles. The Hall–Kier alpha value is -2.36. The molecule has 0 spiro atoms. The number of anilines is 1. The molecule has 3 rings (SSSR count). The zero-order valence-corrected chi connectivity index (χ0v) is 16.2. The molecule has 1 atom stereocenters. The van der Waals surface area contributed by atoms with Crippen LogP contribution in [0.4, 0.5) is 5.69 Å². The number of carbonyl (C=O) groups excluding carboxylic acids is 2. The minimum absolute atomic E-state index is 0.0309. The van der Waals surface area contributed by atoms with E-state index in [0.29, 0.717) is 0 Å². The predicted molar refractivity (Wildman–Crippen MR) is 104 cm³/mol. The van der Waals surface area contributed by atoms with Crippen molar-refractivity contribution in [3.05, 3.63) is 54.6 Å². The fourth-order valence-corrected chi connectivity index (χ4v) is 4.05. The van der Waals surface area contributed by atoms with Gasteiger partial charge in [0.15, 0.2) is 0 Å². The zero-order valence-electron chi connectivity index (χ0n) is 14.6. The number of hydrazine groups is 1. The average molecular weight is 406 g/mol. The number of hydrogen-bond donors (Lipinski definition) is 2. The number of hydrogen-bond acceptors (Lipinski definition) is 5. The Morgan fingerprint density at radius 1 is 1.11 bits per heavy atom. The van der Waals surface area contributed by atoms with Crippen molar-refractivity contribution in [1.29, 1.82) is 0 Å². The van der Waals surface area contributed by atoms with Crippen LogP contribution in [0, 0.1) is 5.92 Å². The van der Waals surface area contributed by atoms with Crippen LogP contribution in [0.25, 0.3) is 0 Å². The lowest BCUT2D eigenvalue weighted by Gasteiger charge is -2.17. The van der Waals surface area contributed by atoms with E-state index in [9.17, 15) is 18.0 Å². The van der Waals surface area contributed by atoms with Crippen molar-refractivity contribution in [3.8, 4) is 0 Å². The smallest absolute Gasteiger partial charge is 0.257 e. The molecule has 9 heteroatoms. The predicted octanol–water partition coefficient (Wildman–Crippen LogP) is 1.77. The second-order valence-electron chi connectivity index (χ2n) is 6.01. The quantitative estimate of drug-likeness (QED) is 0.564. The Kier molecular flexibility index (Phi) is 5.83. The van der Waals surface area contributed by atoms with Crippen molar-refractivity contribution in [3.63, 3.8) is 0 Å². The molecule has 1 saturated heterocycles. The molecule has 0 saturated carbocycles. The summed E-state index contributed by atoms with van der Waals surface area (Å²) in [5.41, 5.74) is 2.94. The Morgan fingerprint density at radius 3 is 2.41 bits per heavy atom. The molecule has 0 bridgehead atoms. The molecule has 2 aromatic carbocycles. The standard InChI is InChI=1S/C18H19N3O4S2/c1-26-15-9-7-14(8-10-15)21-12-13(11-17(21)22)18(23)19-20-27(24,25)16-5-3-2-4-6-16/h2-10,13,20H,11-12H2,1H3,(H,19,23).